The number of hydrogen-bond donors (Lipinski definition) is 1. The van der Waals surface area contributed by atoms with Crippen LogP contribution in [-0.4, -0.2) is 25.7 Å². The van der Waals surface area contributed by atoms with Crippen molar-refractivity contribution in [1.29, 1.82) is 0 Å². The van der Waals surface area contributed by atoms with E-state index >= 15 is 0 Å². The number of benzene rings is 1. The Balaban J connectivity index is 1.97. The van der Waals surface area contributed by atoms with Crippen molar-refractivity contribution >= 4 is 17.5 Å². The smallest absolute Gasteiger partial charge is 0.251 e. The first-order chi connectivity index (χ1) is 8.00. The van der Waals surface area contributed by atoms with Crippen LogP contribution in [0.2, 0.25) is 5.02 Å². The molecule has 0 aliphatic carbocycles. The van der Waals surface area contributed by atoms with E-state index in [2.05, 4.69) is 12.2 Å². The number of hydrogen-bond acceptors (Lipinski definition) is 2. The summed E-state index contributed by atoms with van der Waals surface area (Å²) in [6, 6.07) is 5.34. The number of rotatable bonds is 3. The summed E-state index contributed by atoms with van der Waals surface area (Å²) in [5.74, 6) is -0.0833. The van der Waals surface area contributed by atoms with Crippen molar-refractivity contribution in [2.45, 2.75) is 13.8 Å². The van der Waals surface area contributed by atoms with Crippen LogP contribution in [-0.2, 0) is 4.74 Å². The Bertz CT molecular complexity index is 441. The van der Waals surface area contributed by atoms with Gasteiger partial charge in [0.05, 0.1) is 13.2 Å². The average Bonchev–Trinajstić information content (AvgIpc) is 2.27. The van der Waals surface area contributed by atoms with Gasteiger partial charge < -0.3 is 10.1 Å². The molecular weight excluding hydrogens is 238 g/mol. The van der Waals surface area contributed by atoms with E-state index in [4.69, 9.17) is 16.3 Å². The Morgan fingerprint density at radius 1 is 1.53 bits per heavy atom. The maximum Gasteiger partial charge on any atom is 0.251 e. The van der Waals surface area contributed by atoms with Crippen LogP contribution in [0.25, 0.3) is 0 Å². The SMILES string of the molecule is Cc1ccc(C(=O)NCC2(C)COC2)cc1Cl. The molecule has 1 aliphatic rings. The zero-order valence-corrected chi connectivity index (χ0v) is 10.8. The summed E-state index contributed by atoms with van der Waals surface area (Å²) >= 11 is 5.99. The zero-order chi connectivity index (χ0) is 12.5. The van der Waals surface area contributed by atoms with Crippen LogP contribution in [0.15, 0.2) is 18.2 Å². The van der Waals surface area contributed by atoms with Crippen molar-refractivity contribution < 1.29 is 9.53 Å². The second kappa shape index (κ2) is 4.67. The minimum Gasteiger partial charge on any atom is -0.380 e. The molecule has 0 atom stereocenters. The fourth-order valence-electron chi connectivity index (χ4n) is 1.68. The molecule has 92 valence electrons. The number of carbonyl (C=O) groups excluding carboxylic acids is 1. The molecule has 0 radical (unpaired) electrons. The Hall–Kier alpha value is -1.06. The molecule has 0 unspecified atom stereocenters. The fraction of sp³-hybridized carbons (Fsp3) is 0.462. The maximum absolute atomic E-state index is 11.9. The van der Waals surface area contributed by atoms with Crippen LogP contribution in [0, 0.1) is 12.3 Å². The van der Waals surface area contributed by atoms with Gasteiger partial charge in [0.15, 0.2) is 0 Å². The summed E-state index contributed by atoms with van der Waals surface area (Å²) in [5.41, 5.74) is 1.66. The molecule has 4 heteroatoms. The first-order valence-electron chi connectivity index (χ1n) is 5.62. The topological polar surface area (TPSA) is 38.3 Å². The Morgan fingerprint density at radius 3 is 2.76 bits per heavy atom. The van der Waals surface area contributed by atoms with E-state index in [1.165, 1.54) is 0 Å². The summed E-state index contributed by atoms with van der Waals surface area (Å²) in [7, 11) is 0. The van der Waals surface area contributed by atoms with E-state index in [9.17, 15) is 4.79 Å². The van der Waals surface area contributed by atoms with E-state index in [-0.39, 0.29) is 11.3 Å². The average molecular weight is 254 g/mol. The lowest BCUT2D eigenvalue weighted by molar-refractivity contribution is -0.0978. The van der Waals surface area contributed by atoms with Gasteiger partial charge in [0.1, 0.15) is 0 Å². The highest BCUT2D eigenvalue weighted by molar-refractivity contribution is 6.31. The van der Waals surface area contributed by atoms with E-state index in [1.807, 2.05) is 13.0 Å². The largest absolute Gasteiger partial charge is 0.380 e. The molecule has 0 saturated carbocycles. The van der Waals surface area contributed by atoms with Gasteiger partial charge >= 0.3 is 0 Å². The molecule has 0 bridgehead atoms. The van der Waals surface area contributed by atoms with Crippen molar-refractivity contribution in [2.75, 3.05) is 19.8 Å². The molecule has 1 N–H and O–H groups in total. The summed E-state index contributed by atoms with van der Waals surface area (Å²) < 4.78 is 5.14. The van der Waals surface area contributed by atoms with Crippen molar-refractivity contribution in [3.05, 3.63) is 34.3 Å². The van der Waals surface area contributed by atoms with Gasteiger partial charge in [-0.25, -0.2) is 0 Å². The van der Waals surface area contributed by atoms with Crippen molar-refractivity contribution in [1.82, 2.24) is 5.32 Å². The van der Waals surface area contributed by atoms with E-state index in [0.29, 0.717) is 30.3 Å². The van der Waals surface area contributed by atoms with E-state index in [1.54, 1.807) is 12.1 Å². The third kappa shape index (κ3) is 2.79. The van der Waals surface area contributed by atoms with Gasteiger partial charge in [0.25, 0.3) is 5.91 Å². The highest BCUT2D eigenvalue weighted by Gasteiger charge is 2.33. The molecule has 0 aromatic heterocycles. The first kappa shape index (κ1) is 12.4. The Morgan fingerprint density at radius 2 is 2.24 bits per heavy atom. The highest BCUT2D eigenvalue weighted by atomic mass is 35.5. The third-order valence-corrected chi connectivity index (χ3v) is 3.42. The van der Waals surface area contributed by atoms with Crippen LogP contribution < -0.4 is 5.32 Å². The summed E-state index contributed by atoms with van der Waals surface area (Å²) in [4.78, 5) is 11.9. The number of halogens is 1. The van der Waals surface area contributed by atoms with Crippen LogP contribution >= 0.6 is 11.6 Å². The van der Waals surface area contributed by atoms with Crippen LogP contribution in [0.5, 0.6) is 0 Å². The second-order valence-electron chi connectivity index (χ2n) is 4.95. The summed E-state index contributed by atoms with van der Waals surface area (Å²) in [6.07, 6.45) is 0. The molecule has 1 heterocycles. The number of aryl methyl sites for hydroxylation is 1. The number of nitrogens with one attached hydrogen (secondary N) is 1. The second-order valence-corrected chi connectivity index (χ2v) is 5.36. The molecule has 1 aromatic rings. The summed E-state index contributed by atoms with van der Waals surface area (Å²) in [6.45, 7) is 6.07. The highest BCUT2D eigenvalue weighted by Crippen LogP contribution is 2.25. The van der Waals surface area contributed by atoms with Gasteiger partial charge in [-0.2, -0.15) is 0 Å². The molecule has 1 aliphatic heterocycles. The standard InChI is InChI=1S/C13H16ClNO2/c1-9-3-4-10(5-11(9)14)12(16)15-6-13(2)7-17-8-13/h3-5H,6-8H2,1-2H3,(H,15,16). The van der Waals surface area contributed by atoms with Gasteiger partial charge in [0.2, 0.25) is 0 Å². The first-order valence-corrected chi connectivity index (χ1v) is 6.00. The fourth-order valence-corrected chi connectivity index (χ4v) is 1.86. The predicted octanol–water partition coefficient (Wildman–Crippen LogP) is 2.41. The Kier molecular flexibility index (Phi) is 3.40. The normalized spacial score (nSPS) is 17.4. The monoisotopic (exact) mass is 253 g/mol. The van der Waals surface area contributed by atoms with Gasteiger partial charge in [-0.05, 0) is 24.6 Å². The quantitative estimate of drug-likeness (QED) is 0.899. The van der Waals surface area contributed by atoms with Gasteiger partial charge in [-0.1, -0.05) is 24.6 Å². The lowest BCUT2D eigenvalue weighted by atomic mass is 9.88. The lowest BCUT2D eigenvalue weighted by Crippen LogP contribution is -2.48. The molecule has 1 amide bonds. The third-order valence-electron chi connectivity index (χ3n) is 3.01. The molecular formula is C13H16ClNO2. The zero-order valence-electron chi connectivity index (χ0n) is 10.0. The molecule has 0 spiro atoms. The van der Waals surface area contributed by atoms with E-state index in [0.717, 1.165) is 5.56 Å². The molecule has 1 saturated heterocycles. The maximum atomic E-state index is 11.9. The van der Waals surface area contributed by atoms with Crippen molar-refractivity contribution in [2.24, 2.45) is 5.41 Å². The predicted molar refractivity (Wildman–Crippen MR) is 67.4 cm³/mol. The van der Waals surface area contributed by atoms with Crippen LogP contribution in [0.4, 0.5) is 0 Å². The molecule has 1 aromatic carbocycles. The summed E-state index contributed by atoms with van der Waals surface area (Å²) in [5, 5.41) is 3.53. The number of ether oxygens (including phenoxy) is 1. The Labute approximate surface area is 106 Å². The number of carbonyl (C=O) groups is 1. The lowest BCUT2D eigenvalue weighted by Gasteiger charge is -2.38. The molecule has 3 nitrogen and oxygen atoms in total. The van der Waals surface area contributed by atoms with Crippen molar-refractivity contribution in [3.63, 3.8) is 0 Å². The van der Waals surface area contributed by atoms with E-state index < -0.39 is 0 Å². The van der Waals surface area contributed by atoms with Crippen LogP contribution in [0.1, 0.15) is 22.8 Å². The molecule has 17 heavy (non-hydrogen) atoms. The van der Waals surface area contributed by atoms with Gasteiger partial charge in [0, 0.05) is 22.5 Å². The number of amides is 1. The van der Waals surface area contributed by atoms with Gasteiger partial charge in [-0.15, -0.1) is 0 Å². The van der Waals surface area contributed by atoms with Gasteiger partial charge in [-0.3, -0.25) is 4.79 Å². The van der Waals surface area contributed by atoms with Crippen molar-refractivity contribution in [3.8, 4) is 0 Å². The minimum atomic E-state index is -0.0833. The molecule has 2 rings (SSSR count). The van der Waals surface area contributed by atoms with Crippen LogP contribution in [0.3, 0.4) is 0 Å². The molecule has 1 fully saturated rings. The minimum absolute atomic E-state index is 0.0833.